The molecule has 0 radical (unpaired) electrons. The van der Waals surface area contributed by atoms with Crippen LogP contribution in [0.3, 0.4) is 0 Å². The molecule has 0 spiro atoms. The topological polar surface area (TPSA) is 47.0 Å². The standard InChI is InChI=1S/C20H31N3O2/c1-21(18-9-5-6-10-18)16-20(25)23-12-11-22(14-19(24)15-23)13-17-7-3-2-4-8-17/h2-4,7-8,18-19,24H,5-6,9-16H2,1H3/t19-/m1/s1. The van der Waals surface area contributed by atoms with Crippen molar-refractivity contribution in [3.8, 4) is 0 Å². The van der Waals surface area contributed by atoms with Crippen molar-refractivity contribution in [1.29, 1.82) is 0 Å². The second kappa shape index (κ2) is 8.79. The molecule has 3 rings (SSSR count). The highest BCUT2D eigenvalue weighted by atomic mass is 16.3. The molecule has 5 heteroatoms. The highest BCUT2D eigenvalue weighted by Gasteiger charge is 2.27. The fourth-order valence-electron chi connectivity index (χ4n) is 4.05. The Balaban J connectivity index is 1.52. The Morgan fingerprint density at radius 1 is 1.16 bits per heavy atom. The van der Waals surface area contributed by atoms with Gasteiger partial charge in [0, 0.05) is 38.8 Å². The Labute approximate surface area is 151 Å². The van der Waals surface area contributed by atoms with E-state index in [9.17, 15) is 9.90 Å². The Hall–Kier alpha value is -1.43. The van der Waals surface area contributed by atoms with Crippen molar-refractivity contribution in [2.45, 2.75) is 44.4 Å². The number of hydrogen-bond acceptors (Lipinski definition) is 4. The van der Waals surface area contributed by atoms with Crippen LogP contribution < -0.4 is 0 Å². The molecule has 1 saturated heterocycles. The SMILES string of the molecule is CN(CC(=O)N1CCN(Cc2ccccc2)C[C@@H](O)C1)C1CCCC1. The lowest BCUT2D eigenvalue weighted by Gasteiger charge is -2.28. The van der Waals surface area contributed by atoms with E-state index in [1.54, 1.807) is 0 Å². The van der Waals surface area contributed by atoms with E-state index >= 15 is 0 Å². The predicted octanol–water partition coefficient (Wildman–Crippen LogP) is 1.57. The van der Waals surface area contributed by atoms with Gasteiger partial charge in [-0.25, -0.2) is 0 Å². The van der Waals surface area contributed by atoms with E-state index in [1.165, 1.54) is 31.2 Å². The fourth-order valence-corrected chi connectivity index (χ4v) is 4.05. The van der Waals surface area contributed by atoms with Crippen molar-refractivity contribution in [3.63, 3.8) is 0 Å². The van der Waals surface area contributed by atoms with Gasteiger partial charge in [-0.1, -0.05) is 43.2 Å². The van der Waals surface area contributed by atoms with Crippen LogP contribution in [0.25, 0.3) is 0 Å². The summed E-state index contributed by atoms with van der Waals surface area (Å²) in [5.41, 5.74) is 1.25. The third-order valence-electron chi connectivity index (χ3n) is 5.52. The molecule has 25 heavy (non-hydrogen) atoms. The van der Waals surface area contributed by atoms with Crippen LogP contribution in [-0.2, 0) is 11.3 Å². The molecule has 2 aliphatic rings. The summed E-state index contributed by atoms with van der Waals surface area (Å²) in [6.07, 6.45) is 4.49. The highest BCUT2D eigenvalue weighted by molar-refractivity contribution is 5.78. The van der Waals surface area contributed by atoms with E-state index in [4.69, 9.17) is 0 Å². The van der Waals surface area contributed by atoms with E-state index in [0.29, 0.717) is 32.2 Å². The zero-order valence-electron chi connectivity index (χ0n) is 15.3. The number of benzene rings is 1. The lowest BCUT2D eigenvalue weighted by atomic mass is 10.2. The summed E-state index contributed by atoms with van der Waals surface area (Å²) >= 11 is 0. The van der Waals surface area contributed by atoms with Gasteiger partial charge in [0.1, 0.15) is 0 Å². The minimum Gasteiger partial charge on any atom is -0.390 e. The number of aliphatic hydroxyl groups is 1. The number of amides is 1. The van der Waals surface area contributed by atoms with Gasteiger partial charge in [-0.15, -0.1) is 0 Å². The molecule has 1 aromatic rings. The number of carbonyl (C=O) groups is 1. The zero-order valence-corrected chi connectivity index (χ0v) is 15.3. The van der Waals surface area contributed by atoms with Gasteiger partial charge in [-0.2, -0.15) is 0 Å². The largest absolute Gasteiger partial charge is 0.390 e. The molecule has 0 bridgehead atoms. The van der Waals surface area contributed by atoms with E-state index < -0.39 is 6.10 Å². The molecule has 2 fully saturated rings. The summed E-state index contributed by atoms with van der Waals surface area (Å²) in [6, 6.07) is 10.9. The monoisotopic (exact) mass is 345 g/mol. The summed E-state index contributed by atoms with van der Waals surface area (Å²) in [4.78, 5) is 19.0. The van der Waals surface area contributed by atoms with Gasteiger partial charge in [0.05, 0.1) is 12.6 Å². The third kappa shape index (κ3) is 5.27. The number of hydrogen-bond donors (Lipinski definition) is 1. The maximum absolute atomic E-state index is 12.7. The van der Waals surface area contributed by atoms with Crippen molar-refractivity contribution < 1.29 is 9.90 Å². The van der Waals surface area contributed by atoms with Crippen LogP contribution in [0.15, 0.2) is 30.3 Å². The van der Waals surface area contributed by atoms with Crippen LogP contribution in [0.1, 0.15) is 31.2 Å². The van der Waals surface area contributed by atoms with Gasteiger partial charge in [0.25, 0.3) is 0 Å². The third-order valence-corrected chi connectivity index (χ3v) is 5.52. The number of carbonyl (C=O) groups excluding carboxylic acids is 1. The Kier molecular flexibility index (Phi) is 6.45. The summed E-state index contributed by atoms with van der Waals surface area (Å²) in [7, 11) is 2.06. The van der Waals surface area contributed by atoms with Crippen LogP contribution in [0, 0.1) is 0 Å². The van der Waals surface area contributed by atoms with Crippen molar-refractivity contribution in [2.24, 2.45) is 0 Å². The van der Waals surface area contributed by atoms with Crippen LogP contribution in [-0.4, -0.2) is 77.6 Å². The molecule has 1 amide bonds. The molecule has 0 unspecified atom stereocenters. The first-order valence-electron chi connectivity index (χ1n) is 9.54. The quantitative estimate of drug-likeness (QED) is 0.880. The summed E-state index contributed by atoms with van der Waals surface area (Å²) in [6.45, 7) is 3.86. The van der Waals surface area contributed by atoms with Crippen LogP contribution in [0.2, 0.25) is 0 Å². The molecule has 1 aromatic carbocycles. The predicted molar refractivity (Wildman–Crippen MR) is 99.2 cm³/mol. The van der Waals surface area contributed by atoms with Gasteiger partial charge in [-0.05, 0) is 25.5 Å². The molecular formula is C20H31N3O2. The van der Waals surface area contributed by atoms with Gasteiger partial charge >= 0.3 is 0 Å². The molecule has 1 saturated carbocycles. The molecular weight excluding hydrogens is 314 g/mol. The van der Waals surface area contributed by atoms with Crippen molar-refractivity contribution in [3.05, 3.63) is 35.9 Å². The van der Waals surface area contributed by atoms with Crippen molar-refractivity contribution >= 4 is 5.91 Å². The van der Waals surface area contributed by atoms with Crippen LogP contribution in [0.4, 0.5) is 0 Å². The second-order valence-corrected chi connectivity index (χ2v) is 7.57. The second-order valence-electron chi connectivity index (χ2n) is 7.57. The van der Waals surface area contributed by atoms with E-state index in [-0.39, 0.29) is 5.91 Å². The number of rotatable bonds is 5. The van der Waals surface area contributed by atoms with Gasteiger partial charge in [0.15, 0.2) is 0 Å². The number of aliphatic hydroxyl groups excluding tert-OH is 1. The van der Waals surface area contributed by atoms with Crippen molar-refractivity contribution in [1.82, 2.24) is 14.7 Å². The minimum absolute atomic E-state index is 0.148. The first kappa shape index (κ1) is 18.4. The average Bonchev–Trinajstić information content (AvgIpc) is 3.07. The maximum Gasteiger partial charge on any atom is 0.236 e. The van der Waals surface area contributed by atoms with E-state index in [2.05, 4.69) is 29.0 Å². The summed E-state index contributed by atoms with van der Waals surface area (Å²) in [5.74, 6) is 0.148. The molecule has 138 valence electrons. The zero-order chi connectivity index (χ0) is 17.6. The molecule has 0 aromatic heterocycles. The molecule has 1 heterocycles. The van der Waals surface area contributed by atoms with Gasteiger partial charge in [0.2, 0.25) is 5.91 Å². The molecule has 5 nitrogen and oxygen atoms in total. The van der Waals surface area contributed by atoms with Crippen LogP contribution >= 0.6 is 0 Å². The average molecular weight is 345 g/mol. The Morgan fingerprint density at radius 3 is 2.60 bits per heavy atom. The van der Waals surface area contributed by atoms with E-state index in [1.807, 2.05) is 23.1 Å². The summed E-state index contributed by atoms with van der Waals surface area (Å²) < 4.78 is 0. The van der Waals surface area contributed by atoms with Crippen LogP contribution in [0.5, 0.6) is 0 Å². The Bertz CT molecular complexity index is 545. The first-order valence-corrected chi connectivity index (χ1v) is 9.54. The van der Waals surface area contributed by atoms with Gasteiger partial charge in [-0.3, -0.25) is 14.6 Å². The van der Waals surface area contributed by atoms with E-state index in [0.717, 1.165) is 13.1 Å². The lowest BCUT2D eigenvalue weighted by Crippen LogP contribution is -2.44. The highest BCUT2D eigenvalue weighted by Crippen LogP contribution is 2.22. The summed E-state index contributed by atoms with van der Waals surface area (Å²) in [5, 5.41) is 10.4. The number of β-amino-alcohol motifs (C(OH)–C–C–N with tert-alkyl or cyclic N) is 1. The first-order chi connectivity index (χ1) is 12.1. The fraction of sp³-hybridized carbons (Fsp3) is 0.650. The molecule has 1 atom stereocenters. The molecule has 1 aliphatic carbocycles. The maximum atomic E-state index is 12.7. The smallest absolute Gasteiger partial charge is 0.236 e. The minimum atomic E-state index is -0.480. The number of nitrogens with zero attached hydrogens (tertiary/aromatic N) is 3. The lowest BCUT2D eigenvalue weighted by molar-refractivity contribution is -0.133. The van der Waals surface area contributed by atoms with Crippen molar-refractivity contribution in [2.75, 3.05) is 39.8 Å². The molecule has 1 aliphatic heterocycles. The molecule has 1 N–H and O–H groups in total. The normalized spacial score (nSPS) is 23.2. The van der Waals surface area contributed by atoms with Gasteiger partial charge < -0.3 is 10.0 Å². The Morgan fingerprint density at radius 2 is 1.88 bits per heavy atom. The number of likely N-dealkylation sites (N-methyl/N-ethyl adjacent to an activating group) is 1.